The maximum Gasteiger partial charge on any atom is 0.289 e. The maximum absolute atomic E-state index is 12.2. The van der Waals surface area contributed by atoms with Gasteiger partial charge in [-0.1, -0.05) is 11.6 Å². The summed E-state index contributed by atoms with van der Waals surface area (Å²) in [6.07, 6.45) is -0.363. The van der Waals surface area contributed by atoms with Crippen LogP contribution >= 0.6 is 11.6 Å². The van der Waals surface area contributed by atoms with Crippen LogP contribution in [0.5, 0.6) is 0 Å². The third-order valence-electron chi connectivity index (χ3n) is 2.68. The molecule has 0 saturated carbocycles. The van der Waals surface area contributed by atoms with Crippen LogP contribution in [0.15, 0.2) is 23.1 Å². The molecule has 1 atom stereocenters. The van der Waals surface area contributed by atoms with Crippen LogP contribution in [0.25, 0.3) is 0 Å². The van der Waals surface area contributed by atoms with E-state index < -0.39 is 26.7 Å². The second-order valence-corrected chi connectivity index (χ2v) is 6.79. The van der Waals surface area contributed by atoms with Gasteiger partial charge in [0, 0.05) is 19.7 Å². The van der Waals surface area contributed by atoms with Crippen LogP contribution in [-0.2, 0) is 10.0 Å². The van der Waals surface area contributed by atoms with Crippen molar-refractivity contribution in [3.63, 3.8) is 0 Å². The number of nitro groups is 1. The fourth-order valence-corrected chi connectivity index (χ4v) is 2.85. The lowest BCUT2D eigenvalue weighted by Gasteiger charge is -2.17. The van der Waals surface area contributed by atoms with E-state index in [0.29, 0.717) is 0 Å². The maximum atomic E-state index is 12.2. The molecule has 0 heterocycles. The monoisotopic (exact) mass is 322 g/mol. The molecule has 7 nitrogen and oxygen atoms in total. The Hall–Kier alpha value is -1.22. The first-order valence-corrected chi connectivity index (χ1v) is 7.56. The fourth-order valence-electron chi connectivity index (χ4n) is 1.46. The van der Waals surface area contributed by atoms with Crippen LogP contribution in [0.4, 0.5) is 5.69 Å². The van der Waals surface area contributed by atoms with E-state index >= 15 is 0 Å². The van der Waals surface area contributed by atoms with Gasteiger partial charge in [-0.25, -0.2) is 12.7 Å². The molecule has 1 aromatic carbocycles. The van der Waals surface area contributed by atoms with Gasteiger partial charge in [0.1, 0.15) is 5.02 Å². The molecule has 1 unspecified atom stereocenters. The van der Waals surface area contributed by atoms with Gasteiger partial charge in [-0.2, -0.15) is 0 Å². The summed E-state index contributed by atoms with van der Waals surface area (Å²) in [4.78, 5) is 9.82. The van der Waals surface area contributed by atoms with Crippen molar-refractivity contribution in [2.75, 3.05) is 13.6 Å². The van der Waals surface area contributed by atoms with Crippen molar-refractivity contribution in [3.8, 4) is 0 Å². The summed E-state index contributed by atoms with van der Waals surface area (Å²) >= 11 is 5.64. The number of nitrogens with zero attached hydrogens (tertiary/aromatic N) is 2. The third-order valence-corrected chi connectivity index (χ3v) is 4.86. The standard InChI is InChI=1S/C11H15ClN2O5S/c1-8(15)5-6-13(2)20(18,19)9-3-4-10(12)11(7-9)14(16)17/h3-4,7-8,15H,5-6H2,1-2H3. The predicted octanol–water partition coefficient (Wildman–Crippen LogP) is 1.64. The van der Waals surface area contributed by atoms with E-state index in [0.717, 1.165) is 10.4 Å². The molecular formula is C11H15ClN2O5S. The zero-order valence-electron chi connectivity index (χ0n) is 11.0. The largest absolute Gasteiger partial charge is 0.393 e. The van der Waals surface area contributed by atoms with Crippen LogP contribution in [0.1, 0.15) is 13.3 Å². The third kappa shape index (κ3) is 3.89. The van der Waals surface area contributed by atoms with E-state index in [1.165, 1.54) is 19.2 Å². The lowest BCUT2D eigenvalue weighted by molar-refractivity contribution is -0.384. The van der Waals surface area contributed by atoms with Gasteiger partial charge in [-0.05, 0) is 25.5 Å². The Balaban J connectivity index is 3.09. The highest BCUT2D eigenvalue weighted by molar-refractivity contribution is 7.89. The second-order valence-electron chi connectivity index (χ2n) is 4.33. The van der Waals surface area contributed by atoms with Crippen LogP contribution in [0.2, 0.25) is 5.02 Å². The number of aliphatic hydroxyl groups is 1. The minimum atomic E-state index is -3.85. The summed E-state index contributed by atoms with van der Waals surface area (Å²) in [6, 6.07) is 3.31. The predicted molar refractivity (Wildman–Crippen MR) is 74.2 cm³/mol. The number of rotatable bonds is 6. The number of benzene rings is 1. The molecule has 0 saturated heterocycles. The Morgan fingerprint density at radius 3 is 2.60 bits per heavy atom. The van der Waals surface area contributed by atoms with E-state index in [1.54, 1.807) is 6.92 Å². The molecule has 1 N–H and O–H groups in total. The van der Waals surface area contributed by atoms with Gasteiger partial charge >= 0.3 is 0 Å². The van der Waals surface area contributed by atoms with Gasteiger partial charge in [0.15, 0.2) is 0 Å². The highest BCUT2D eigenvalue weighted by Gasteiger charge is 2.24. The smallest absolute Gasteiger partial charge is 0.289 e. The first-order valence-electron chi connectivity index (χ1n) is 5.74. The van der Waals surface area contributed by atoms with Crippen molar-refractivity contribution in [3.05, 3.63) is 33.3 Å². The summed E-state index contributed by atoms with van der Waals surface area (Å²) in [7, 11) is -2.50. The zero-order chi connectivity index (χ0) is 15.5. The molecule has 0 aliphatic carbocycles. The Morgan fingerprint density at radius 1 is 1.50 bits per heavy atom. The van der Waals surface area contributed by atoms with Crippen molar-refractivity contribution in [1.82, 2.24) is 4.31 Å². The van der Waals surface area contributed by atoms with Gasteiger partial charge in [0.2, 0.25) is 10.0 Å². The van der Waals surface area contributed by atoms with E-state index in [1.807, 2.05) is 0 Å². The second kappa shape index (κ2) is 6.49. The number of nitro benzene ring substituents is 1. The van der Waals surface area contributed by atoms with Gasteiger partial charge in [0.05, 0.1) is 15.9 Å². The molecule has 0 aliphatic heterocycles. The summed E-state index contributed by atoms with van der Waals surface area (Å²) < 4.78 is 25.5. The zero-order valence-corrected chi connectivity index (χ0v) is 12.6. The number of hydrogen-bond acceptors (Lipinski definition) is 5. The Bertz CT molecular complexity index is 603. The Morgan fingerprint density at radius 2 is 2.10 bits per heavy atom. The average Bonchev–Trinajstić information content (AvgIpc) is 2.35. The van der Waals surface area contributed by atoms with Crippen LogP contribution in [0.3, 0.4) is 0 Å². The highest BCUT2D eigenvalue weighted by atomic mass is 35.5. The normalized spacial score (nSPS) is 13.4. The molecule has 1 aromatic rings. The molecule has 0 spiro atoms. The van der Waals surface area contributed by atoms with Crippen molar-refractivity contribution in [2.24, 2.45) is 0 Å². The van der Waals surface area contributed by atoms with E-state index in [2.05, 4.69) is 0 Å². The van der Waals surface area contributed by atoms with Gasteiger partial charge in [-0.3, -0.25) is 10.1 Å². The van der Waals surface area contributed by atoms with Crippen LogP contribution in [-0.4, -0.2) is 42.4 Å². The van der Waals surface area contributed by atoms with E-state index in [9.17, 15) is 18.5 Å². The molecule has 112 valence electrons. The molecule has 0 fully saturated rings. The summed E-state index contributed by atoms with van der Waals surface area (Å²) in [5.74, 6) is 0. The first kappa shape index (κ1) is 16.8. The number of halogens is 1. The lowest BCUT2D eigenvalue weighted by atomic mass is 10.3. The van der Waals surface area contributed by atoms with Gasteiger partial charge < -0.3 is 5.11 Å². The topological polar surface area (TPSA) is 101 Å². The molecule has 20 heavy (non-hydrogen) atoms. The minimum absolute atomic E-state index is 0.108. The summed E-state index contributed by atoms with van der Waals surface area (Å²) in [5, 5.41) is 19.8. The Kier molecular flexibility index (Phi) is 5.46. The molecule has 9 heteroatoms. The molecule has 1 rings (SSSR count). The number of hydrogen-bond donors (Lipinski definition) is 1. The molecule has 0 bridgehead atoms. The minimum Gasteiger partial charge on any atom is -0.393 e. The molecule has 0 amide bonds. The van der Waals surface area contributed by atoms with Crippen LogP contribution in [0, 0.1) is 10.1 Å². The summed E-state index contributed by atoms with van der Waals surface area (Å²) in [6.45, 7) is 1.66. The van der Waals surface area contributed by atoms with Crippen molar-refractivity contribution < 1.29 is 18.4 Å². The summed E-state index contributed by atoms with van der Waals surface area (Å²) in [5.41, 5.74) is -0.461. The Labute approximate surface area is 122 Å². The number of aliphatic hydroxyl groups excluding tert-OH is 1. The quantitative estimate of drug-likeness (QED) is 0.633. The van der Waals surface area contributed by atoms with Crippen molar-refractivity contribution in [2.45, 2.75) is 24.3 Å². The number of sulfonamides is 1. The van der Waals surface area contributed by atoms with Crippen molar-refractivity contribution >= 4 is 27.3 Å². The van der Waals surface area contributed by atoms with Crippen LogP contribution < -0.4 is 0 Å². The molecule has 0 radical (unpaired) electrons. The van der Waals surface area contributed by atoms with Crippen molar-refractivity contribution in [1.29, 1.82) is 0 Å². The van der Waals surface area contributed by atoms with Gasteiger partial charge in [0.25, 0.3) is 5.69 Å². The highest BCUT2D eigenvalue weighted by Crippen LogP contribution is 2.28. The SMILES string of the molecule is CC(O)CCN(C)S(=O)(=O)c1ccc(Cl)c([N+](=O)[O-])c1. The molecular weight excluding hydrogens is 308 g/mol. The van der Waals surface area contributed by atoms with E-state index in [4.69, 9.17) is 16.7 Å². The first-order chi connectivity index (χ1) is 9.16. The molecule has 0 aromatic heterocycles. The molecule has 0 aliphatic rings. The van der Waals surface area contributed by atoms with E-state index in [-0.39, 0.29) is 22.9 Å². The van der Waals surface area contributed by atoms with Gasteiger partial charge in [-0.15, -0.1) is 0 Å². The average molecular weight is 323 g/mol. The fraction of sp³-hybridized carbons (Fsp3) is 0.455. The lowest BCUT2D eigenvalue weighted by Crippen LogP contribution is -2.29.